The molecular weight excluding hydrogens is 308 g/mol. The van der Waals surface area contributed by atoms with E-state index >= 15 is 0 Å². The highest BCUT2D eigenvalue weighted by molar-refractivity contribution is 7.19. The third-order valence-corrected chi connectivity index (χ3v) is 6.13. The topological polar surface area (TPSA) is 52.5 Å². The molecule has 0 spiro atoms. The van der Waals surface area contributed by atoms with Gasteiger partial charge in [0.25, 0.3) is 0 Å². The molecule has 6 heteroatoms. The molecule has 4 rings (SSSR count). The first-order valence-electron chi connectivity index (χ1n) is 8.63. The second-order valence-electron chi connectivity index (χ2n) is 6.73. The second kappa shape index (κ2) is 6.34. The van der Waals surface area contributed by atoms with E-state index in [2.05, 4.69) is 19.8 Å². The van der Waals surface area contributed by atoms with Crippen LogP contribution in [0.1, 0.15) is 30.2 Å². The van der Waals surface area contributed by atoms with E-state index in [4.69, 9.17) is 0 Å². The Kier molecular flexibility index (Phi) is 4.22. The molecule has 1 atom stereocenters. The molecule has 0 bridgehead atoms. The van der Waals surface area contributed by atoms with Crippen LogP contribution in [0.5, 0.6) is 0 Å². The molecular formula is C17H24N4OS. The van der Waals surface area contributed by atoms with Crippen LogP contribution >= 0.6 is 11.3 Å². The van der Waals surface area contributed by atoms with Crippen molar-refractivity contribution in [2.45, 2.75) is 38.7 Å². The number of piperazine rings is 1. The molecule has 1 N–H and O–H groups in total. The average molecular weight is 332 g/mol. The van der Waals surface area contributed by atoms with Crippen molar-refractivity contribution in [3.05, 3.63) is 16.8 Å². The summed E-state index contributed by atoms with van der Waals surface area (Å²) in [4.78, 5) is 16.6. The number of fused-ring (bicyclic) bond motifs is 3. The molecule has 0 unspecified atom stereocenters. The molecule has 2 aromatic heterocycles. The number of hydrogen-bond acceptors (Lipinski definition) is 6. The summed E-state index contributed by atoms with van der Waals surface area (Å²) in [5.74, 6) is 1.13. The van der Waals surface area contributed by atoms with E-state index in [0.717, 1.165) is 43.4 Å². The number of hydrogen-bond donors (Lipinski definition) is 1. The fourth-order valence-corrected chi connectivity index (χ4v) is 5.05. The van der Waals surface area contributed by atoms with Gasteiger partial charge in [-0.15, -0.1) is 11.3 Å². The number of nitrogens with zero attached hydrogens (tertiary/aromatic N) is 4. The Balaban J connectivity index is 1.61. The zero-order valence-corrected chi connectivity index (χ0v) is 14.5. The summed E-state index contributed by atoms with van der Waals surface area (Å²) in [7, 11) is 0. The molecule has 2 aliphatic rings. The summed E-state index contributed by atoms with van der Waals surface area (Å²) in [6, 6.07) is 0. The third kappa shape index (κ3) is 2.95. The van der Waals surface area contributed by atoms with Gasteiger partial charge in [0.2, 0.25) is 0 Å². The zero-order chi connectivity index (χ0) is 15.8. The van der Waals surface area contributed by atoms with Crippen molar-refractivity contribution < 1.29 is 5.11 Å². The van der Waals surface area contributed by atoms with Crippen molar-refractivity contribution in [2.75, 3.05) is 37.6 Å². The van der Waals surface area contributed by atoms with E-state index in [-0.39, 0.29) is 6.10 Å². The Labute approximate surface area is 141 Å². The van der Waals surface area contributed by atoms with E-state index in [1.165, 1.54) is 41.5 Å². The molecule has 23 heavy (non-hydrogen) atoms. The van der Waals surface area contributed by atoms with Crippen LogP contribution in [-0.2, 0) is 12.8 Å². The number of β-amino-alcohol motifs (C(OH)–C–C–N with tert-alkyl or cyclic N) is 1. The Bertz CT molecular complexity index is 691. The number of aromatic nitrogens is 2. The van der Waals surface area contributed by atoms with Gasteiger partial charge in [-0.3, -0.25) is 4.90 Å². The Morgan fingerprint density at radius 1 is 1.17 bits per heavy atom. The second-order valence-corrected chi connectivity index (χ2v) is 7.81. The van der Waals surface area contributed by atoms with Gasteiger partial charge in [-0.1, -0.05) is 0 Å². The number of aliphatic hydroxyl groups excluding tert-OH is 1. The first-order valence-corrected chi connectivity index (χ1v) is 9.44. The minimum absolute atomic E-state index is 0.254. The summed E-state index contributed by atoms with van der Waals surface area (Å²) in [5, 5.41) is 10.9. The number of aryl methyl sites for hydroxylation is 2. The molecule has 2 aromatic rings. The van der Waals surface area contributed by atoms with Crippen molar-refractivity contribution in [2.24, 2.45) is 0 Å². The van der Waals surface area contributed by atoms with Crippen LogP contribution in [0.25, 0.3) is 10.2 Å². The Hall–Kier alpha value is -1.24. The summed E-state index contributed by atoms with van der Waals surface area (Å²) < 4.78 is 0. The van der Waals surface area contributed by atoms with Gasteiger partial charge in [0, 0.05) is 37.6 Å². The molecule has 0 aromatic carbocycles. The average Bonchev–Trinajstić information content (AvgIpc) is 2.93. The minimum Gasteiger partial charge on any atom is -0.392 e. The van der Waals surface area contributed by atoms with E-state index in [0.29, 0.717) is 0 Å². The monoisotopic (exact) mass is 332 g/mol. The lowest BCUT2D eigenvalue weighted by molar-refractivity contribution is 0.122. The molecule has 0 saturated carbocycles. The van der Waals surface area contributed by atoms with Crippen LogP contribution in [0.2, 0.25) is 0 Å². The summed E-state index contributed by atoms with van der Waals surface area (Å²) >= 11 is 1.87. The first kappa shape index (κ1) is 15.3. The number of aliphatic hydroxyl groups is 1. The van der Waals surface area contributed by atoms with Crippen LogP contribution in [-0.4, -0.2) is 58.8 Å². The van der Waals surface area contributed by atoms with Crippen molar-refractivity contribution in [1.29, 1.82) is 0 Å². The van der Waals surface area contributed by atoms with Gasteiger partial charge in [-0.05, 0) is 38.2 Å². The molecule has 0 amide bonds. The van der Waals surface area contributed by atoms with E-state index in [1.54, 1.807) is 6.33 Å². The van der Waals surface area contributed by atoms with Gasteiger partial charge < -0.3 is 10.0 Å². The summed E-state index contributed by atoms with van der Waals surface area (Å²) in [6.07, 6.45) is 6.45. The van der Waals surface area contributed by atoms with Crippen LogP contribution in [0.3, 0.4) is 0 Å². The number of thiophene rings is 1. The summed E-state index contributed by atoms with van der Waals surface area (Å²) in [5.41, 5.74) is 1.51. The van der Waals surface area contributed by atoms with Crippen LogP contribution in [0.15, 0.2) is 6.33 Å². The predicted octanol–water partition coefficient (Wildman–Crippen LogP) is 2.07. The van der Waals surface area contributed by atoms with Gasteiger partial charge in [-0.25, -0.2) is 9.97 Å². The number of rotatable bonds is 3. The fraction of sp³-hybridized carbons (Fsp3) is 0.647. The lowest BCUT2D eigenvalue weighted by Crippen LogP contribution is -2.48. The van der Waals surface area contributed by atoms with Gasteiger partial charge in [0.05, 0.1) is 11.5 Å². The maximum atomic E-state index is 9.56. The van der Waals surface area contributed by atoms with Crippen LogP contribution in [0.4, 0.5) is 5.82 Å². The first-order chi connectivity index (χ1) is 11.2. The smallest absolute Gasteiger partial charge is 0.141 e. The van der Waals surface area contributed by atoms with E-state index in [9.17, 15) is 5.11 Å². The van der Waals surface area contributed by atoms with Crippen LogP contribution < -0.4 is 4.90 Å². The fourth-order valence-electron chi connectivity index (χ4n) is 3.83. The van der Waals surface area contributed by atoms with Crippen molar-refractivity contribution in [1.82, 2.24) is 14.9 Å². The van der Waals surface area contributed by atoms with E-state index in [1.807, 2.05) is 18.3 Å². The SMILES string of the molecule is C[C@H](O)CN1CCN(c2ncnc3sc4c(c23)CCCC4)CC1. The van der Waals surface area contributed by atoms with Crippen molar-refractivity contribution >= 4 is 27.4 Å². The normalized spacial score (nSPS) is 20.7. The zero-order valence-electron chi connectivity index (χ0n) is 13.7. The number of anilines is 1. The van der Waals surface area contributed by atoms with Gasteiger partial charge >= 0.3 is 0 Å². The largest absolute Gasteiger partial charge is 0.392 e. The van der Waals surface area contributed by atoms with Gasteiger partial charge in [0.1, 0.15) is 17.0 Å². The molecule has 1 fully saturated rings. The Morgan fingerprint density at radius 3 is 2.74 bits per heavy atom. The highest BCUT2D eigenvalue weighted by Gasteiger charge is 2.25. The van der Waals surface area contributed by atoms with Gasteiger partial charge in [0.15, 0.2) is 0 Å². The molecule has 0 radical (unpaired) electrons. The molecule has 3 heterocycles. The Morgan fingerprint density at radius 2 is 1.96 bits per heavy atom. The van der Waals surface area contributed by atoms with Gasteiger partial charge in [-0.2, -0.15) is 0 Å². The van der Waals surface area contributed by atoms with Crippen LogP contribution in [0, 0.1) is 0 Å². The molecule has 1 aliphatic heterocycles. The highest BCUT2D eigenvalue weighted by atomic mass is 32.1. The molecule has 1 saturated heterocycles. The predicted molar refractivity (Wildman–Crippen MR) is 94.4 cm³/mol. The third-order valence-electron chi connectivity index (χ3n) is 4.93. The molecule has 5 nitrogen and oxygen atoms in total. The van der Waals surface area contributed by atoms with E-state index < -0.39 is 0 Å². The lowest BCUT2D eigenvalue weighted by Gasteiger charge is -2.36. The minimum atomic E-state index is -0.254. The standard InChI is InChI=1S/C17H24N4OS/c1-12(22)10-20-6-8-21(9-7-20)16-15-13-4-2-3-5-14(13)23-17(15)19-11-18-16/h11-12,22H,2-10H2,1H3/t12-/m0/s1. The quantitative estimate of drug-likeness (QED) is 0.932. The lowest BCUT2D eigenvalue weighted by atomic mass is 9.97. The maximum absolute atomic E-state index is 9.56. The highest BCUT2D eigenvalue weighted by Crippen LogP contribution is 2.39. The maximum Gasteiger partial charge on any atom is 0.141 e. The molecule has 1 aliphatic carbocycles. The summed E-state index contributed by atoms with van der Waals surface area (Å²) in [6.45, 7) is 6.55. The van der Waals surface area contributed by atoms with Crippen molar-refractivity contribution in [3.8, 4) is 0 Å². The molecule has 124 valence electrons. The van der Waals surface area contributed by atoms with Crippen molar-refractivity contribution in [3.63, 3.8) is 0 Å².